The molecule has 2 N–H and O–H groups in total. The zero-order valence-corrected chi connectivity index (χ0v) is 14.7. The lowest BCUT2D eigenvalue weighted by Crippen LogP contribution is -2.38. The van der Waals surface area contributed by atoms with Crippen LogP contribution in [-0.2, 0) is 9.53 Å². The van der Waals surface area contributed by atoms with E-state index in [1.807, 2.05) is 13.8 Å². The van der Waals surface area contributed by atoms with Gasteiger partial charge in [-0.2, -0.15) is 0 Å². The molecule has 3 amide bonds. The molecule has 1 aromatic rings. The summed E-state index contributed by atoms with van der Waals surface area (Å²) in [6.07, 6.45) is 3.09. The highest BCUT2D eigenvalue weighted by Crippen LogP contribution is 2.16. The molecule has 136 valence electrons. The van der Waals surface area contributed by atoms with Crippen molar-refractivity contribution >= 4 is 23.6 Å². The monoisotopic (exact) mass is 347 g/mol. The first kappa shape index (κ1) is 18.8. The van der Waals surface area contributed by atoms with Gasteiger partial charge in [0.1, 0.15) is 0 Å². The van der Waals surface area contributed by atoms with Gasteiger partial charge in [0.2, 0.25) is 0 Å². The Morgan fingerprint density at radius 3 is 2.48 bits per heavy atom. The number of anilines is 1. The fourth-order valence-corrected chi connectivity index (χ4v) is 2.63. The minimum atomic E-state index is -0.634. The lowest BCUT2D eigenvalue weighted by molar-refractivity contribution is -0.135. The third kappa shape index (κ3) is 5.77. The Morgan fingerprint density at radius 1 is 1.12 bits per heavy atom. The van der Waals surface area contributed by atoms with Crippen LogP contribution in [0.2, 0.25) is 0 Å². The maximum atomic E-state index is 12.3. The van der Waals surface area contributed by atoms with Crippen molar-refractivity contribution in [3.63, 3.8) is 0 Å². The van der Waals surface area contributed by atoms with E-state index in [-0.39, 0.29) is 24.1 Å². The predicted molar refractivity (Wildman–Crippen MR) is 94.4 cm³/mol. The zero-order valence-electron chi connectivity index (χ0n) is 14.7. The van der Waals surface area contributed by atoms with Crippen molar-refractivity contribution in [3.8, 4) is 0 Å². The molecular weight excluding hydrogens is 322 g/mol. The van der Waals surface area contributed by atoms with Gasteiger partial charge < -0.3 is 20.3 Å². The molecule has 0 aliphatic carbocycles. The summed E-state index contributed by atoms with van der Waals surface area (Å²) in [6.45, 7) is 4.82. The van der Waals surface area contributed by atoms with Crippen LogP contribution in [0.1, 0.15) is 43.5 Å². The molecule has 0 radical (unpaired) electrons. The Hall–Kier alpha value is -2.57. The molecule has 0 saturated carbocycles. The van der Waals surface area contributed by atoms with Gasteiger partial charge >= 0.3 is 12.0 Å². The average molecular weight is 347 g/mol. The van der Waals surface area contributed by atoms with E-state index >= 15 is 0 Å². The Kier molecular flexibility index (Phi) is 6.80. The molecule has 7 nitrogen and oxygen atoms in total. The summed E-state index contributed by atoms with van der Waals surface area (Å²) < 4.78 is 5.14. The van der Waals surface area contributed by atoms with E-state index in [2.05, 4.69) is 10.6 Å². The maximum Gasteiger partial charge on any atom is 0.340 e. The van der Waals surface area contributed by atoms with Crippen molar-refractivity contribution in [1.29, 1.82) is 0 Å². The number of rotatable bonds is 5. The summed E-state index contributed by atoms with van der Waals surface area (Å²) in [5, 5.41) is 5.32. The van der Waals surface area contributed by atoms with Crippen LogP contribution in [0, 0.1) is 0 Å². The van der Waals surface area contributed by atoms with E-state index in [0.717, 1.165) is 19.3 Å². The van der Waals surface area contributed by atoms with Gasteiger partial charge in [-0.05, 0) is 45.2 Å². The van der Waals surface area contributed by atoms with E-state index in [0.29, 0.717) is 18.8 Å². The van der Waals surface area contributed by atoms with Gasteiger partial charge in [0.15, 0.2) is 6.61 Å². The van der Waals surface area contributed by atoms with Crippen LogP contribution in [0.25, 0.3) is 0 Å². The first-order valence-electron chi connectivity index (χ1n) is 8.59. The van der Waals surface area contributed by atoms with E-state index in [1.54, 1.807) is 29.2 Å². The highest BCUT2D eigenvalue weighted by atomic mass is 16.5. The number of carbonyl (C=O) groups excluding carboxylic acids is 3. The van der Waals surface area contributed by atoms with Gasteiger partial charge in [-0.3, -0.25) is 4.79 Å². The molecular formula is C18H25N3O4. The normalized spacial score (nSPS) is 14.1. The molecule has 7 heteroatoms. The number of para-hydroxylation sites is 1. The highest BCUT2D eigenvalue weighted by molar-refractivity contribution is 6.01. The molecule has 1 heterocycles. The summed E-state index contributed by atoms with van der Waals surface area (Å²) in [5.41, 5.74) is 0.559. The van der Waals surface area contributed by atoms with Crippen LogP contribution < -0.4 is 10.6 Å². The Morgan fingerprint density at radius 2 is 1.80 bits per heavy atom. The molecule has 1 aliphatic rings. The fraction of sp³-hybridized carbons (Fsp3) is 0.500. The van der Waals surface area contributed by atoms with Crippen LogP contribution in [-0.4, -0.2) is 48.5 Å². The summed E-state index contributed by atoms with van der Waals surface area (Å²) in [4.78, 5) is 37.9. The molecule has 2 rings (SSSR count). The van der Waals surface area contributed by atoms with E-state index in [4.69, 9.17) is 4.74 Å². The van der Waals surface area contributed by atoms with Crippen LogP contribution in [0.4, 0.5) is 10.5 Å². The minimum Gasteiger partial charge on any atom is -0.452 e. The Balaban J connectivity index is 1.94. The fourth-order valence-electron chi connectivity index (χ4n) is 2.63. The zero-order chi connectivity index (χ0) is 18.2. The first-order chi connectivity index (χ1) is 12.0. The van der Waals surface area contributed by atoms with Crippen LogP contribution >= 0.6 is 0 Å². The molecule has 25 heavy (non-hydrogen) atoms. The number of amides is 3. The van der Waals surface area contributed by atoms with Crippen LogP contribution in [0.15, 0.2) is 24.3 Å². The number of likely N-dealkylation sites (tertiary alicyclic amines) is 1. The number of hydrogen-bond acceptors (Lipinski definition) is 4. The van der Waals surface area contributed by atoms with Crippen molar-refractivity contribution in [2.45, 2.75) is 39.2 Å². The van der Waals surface area contributed by atoms with Crippen molar-refractivity contribution in [2.24, 2.45) is 0 Å². The molecule has 1 saturated heterocycles. The quantitative estimate of drug-likeness (QED) is 0.801. The van der Waals surface area contributed by atoms with Crippen molar-refractivity contribution < 1.29 is 19.1 Å². The summed E-state index contributed by atoms with van der Waals surface area (Å²) in [5.74, 6) is -0.818. The Labute approximate surface area is 147 Å². The van der Waals surface area contributed by atoms with E-state index in [9.17, 15) is 14.4 Å². The standard InChI is InChI=1S/C18H25N3O4/c1-13(2)19-18(24)20-15-9-5-4-8-14(15)17(23)25-12-16(22)21-10-6-3-7-11-21/h4-5,8-9,13H,3,6-7,10-12H2,1-2H3,(H2,19,20,24). The molecule has 0 atom stereocenters. The third-order valence-electron chi connectivity index (χ3n) is 3.85. The number of esters is 1. The lowest BCUT2D eigenvalue weighted by Gasteiger charge is -2.26. The van der Waals surface area contributed by atoms with Crippen molar-refractivity contribution in [3.05, 3.63) is 29.8 Å². The summed E-state index contributed by atoms with van der Waals surface area (Å²) in [7, 11) is 0. The van der Waals surface area contributed by atoms with Gasteiger partial charge in [0.05, 0.1) is 11.3 Å². The van der Waals surface area contributed by atoms with Gasteiger partial charge in [-0.25, -0.2) is 9.59 Å². The summed E-state index contributed by atoms with van der Waals surface area (Å²) in [6, 6.07) is 6.12. The largest absolute Gasteiger partial charge is 0.452 e. The molecule has 0 aromatic heterocycles. The van der Waals surface area contributed by atoms with Crippen molar-refractivity contribution in [1.82, 2.24) is 10.2 Å². The van der Waals surface area contributed by atoms with Gasteiger partial charge in [-0.15, -0.1) is 0 Å². The third-order valence-corrected chi connectivity index (χ3v) is 3.85. The number of piperidine rings is 1. The topological polar surface area (TPSA) is 87.7 Å². The van der Waals surface area contributed by atoms with Gasteiger partial charge in [0.25, 0.3) is 5.91 Å². The van der Waals surface area contributed by atoms with E-state index < -0.39 is 12.0 Å². The summed E-state index contributed by atoms with van der Waals surface area (Å²) >= 11 is 0. The van der Waals surface area contributed by atoms with Gasteiger partial charge in [-0.1, -0.05) is 12.1 Å². The second kappa shape index (κ2) is 9.05. The number of nitrogens with zero attached hydrogens (tertiary/aromatic N) is 1. The predicted octanol–water partition coefficient (Wildman–Crippen LogP) is 2.39. The number of urea groups is 1. The number of ether oxygens (including phenoxy) is 1. The minimum absolute atomic E-state index is 0.0266. The molecule has 0 unspecified atom stereocenters. The number of carbonyl (C=O) groups is 3. The maximum absolute atomic E-state index is 12.3. The smallest absolute Gasteiger partial charge is 0.340 e. The average Bonchev–Trinajstić information content (AvgIpc) is 2.60. The highest BCUT2D eigenvalue weighted by Gasteiger charge is 2.20. The second-order valence-corrected chi connectivity index (χ2v) is 6.32. The molecule has 1 fully saturated rings. The Bertz CT molecular complexity index is 625. The molecule has 0 spiro atoms. The van der Waals surface area contributed by atoms with Crippen LogP contribution in [0.3, 0.4) is 0 Å². The van der Waals surface area contributed by atoms with E-state index in [1.165, 1.54) is 0 Å². The number of hydrogen-bond donors (Lipinski definition) is 2. The van der Waals surface area contributed by atoms with Crippen molar-refractivity contribution in [2.75, 3.05) is 25.0 Å². The molecule has 1 aromatic carbocycles. The lowest BCUT2D eigenvalue weighted by atomic mass is 10.1. The molecule has 0 bridgehead atoms. The van der Waals surface area contributed by atoms with Crippen LogP contribution in [0.5, 0.6) is 0 Å². The number of nitrogens with one attached hydrogen (secondary N) is 2. The van der Waals surface area contributed by atoms with Gasteiger partial charge in [0, 0.05) is 19.1 Å². The first-order valence-corrected chi connectivity index (χ1v) is 8.59. The molecule has 1 aliphatic heterocycles. The second-order valence-electron chi connectivity index (χ2n) is 6.32. The SMILES string of the molecule is CC(C)NC(=O)Nc1ccccc1C(=O)OCC(=O)N1CCCCC1. The number of benzene rings is 1.